The summed E-state index contributed by atoms with van der Waals surface area (Å²) in [4.78, 5) is 20.3. The van der Waals surface area contributed by atoms with Crippen molar-refractivity contribution >= 4 is 38.9 Å². The van der Waals surface area contributed by atoms with Crippen LogP contribution in [0.25, 0.3) is 73.3 Å². The van der Waals surface area contributed by atoms with Gasteiger partial charge in [0.1, 0.15) is 5.52 Å². The van der Waals surface area contributed by atoms with E-state index in [-0.39, 0.29) is 0 Å². The topological polar surface area (TPSA) is 65.8 Å². The van der Waals surface area contributed by atoms with Crippen LogP contribution in [-0.2, 0) is 0 Å². The third-order valence-electron chi connectivity index (χ3n) is 7.90. The summed E-state index contributed by atoms with van der Waals surface area (Å²) in [6.45, 7) is 0. The van der Waals surface area contributed by atoms with E-state index in [1.165, 1.54) is 0 Å². The fourth-order valence-electron chi connectivity index (χ4n) is 6.03. The second kappa shape index (κ2) is 9.22. The van der Waals surface area contributed by atoms with Gasteiger partial charge in [-0.1, -0.05) is 109 Å². The van der Waals surface area contributed by atoms with Gasteiger partial charge >= 0.3 is 0 Å². The molecule has 0 atom stereocenters. The highest BCUT2D eigenvalue weighted by atomic mass is 15.3. The normalized spacial score (nSPS) is 11.7. The van der Waals surface area contributed by atoms with Gasteiger partial charge in [0.25, 0.3) is 0 Å². The Morgan fingerprint density at radius 3 is 1.67 bits per heavy atom. The minimum Gasteiger partial charge on any atom is -0.294 e. The smallest absolute Gasteiger partial charge is 0.242 e. The van der Waals surface area contributed by atoms with Crippen molar-refractivity contribution in [2.45, 2.75) is 0 Å². The number of benzene rings is 5. The standard InChI is InChI=1S/C36H23N7/c1-4-14-24(15-5-1)32-38-33(25-16-6-2-7-17-25)40-35(39-32)43-34-31(42-30-23-13-11-21-28(30)37-36(42)43)27-20-10-12-22-29(27)41(34)26-18-8-3-9-19-26/h1-23H. The molecular formula is C36H23N7. The van der Waals surface area contributed by atoms with Crippen LogP contribution in [0.5, 0.6) is 0 Å². The van der Waals surface area contributed by atoms with Crippen LogP contribution in [0, 0.1) is 0 Å². The molecule has 0 aliphatic rings. The van der Waals surface area contributed by atoms with Gasteiger partial charge < -0.3 is 0 Å². The number of hydrogen-bond acceptors (Lipinski definition) is 4. The van der Waals surface area contributed by atoms with Gasteiger partial charge in [-0.15, -0.1) is 0 Å². The highest BCUT2D eigenvalue weighted by Gasteiger charge is 2.27. The lowest BCUT2D eigenvalue weighted by Crippen LogP contribution is -2.09. The quantitative estimate of drug-likeness (QED) is 0.222. The Balaban J connectivity index is 1.49. The van der Waals surface area contributed by atoms with E-state index in [9.17, 15) is 0 Å². The van der Waals surface area contributed by atoms with E-state index in [1.54, 1.807) is 0 Å². The molecule has 0 amide bonds. The van der Waals surface area contributed by atoms with Crippen molar-refractivity contribution in [1.82, 2.24) is 33.5 Å². The molecule has 9 rings (SSSR count). The van der Waals surface area contributed by atoms with Gasteiger partial charge in [-0.05, 0) is 30.3 Å². The predicted molar refractivity (Wildman–Crippen MR) is 171 cm³/mol. The lowest BCUT2D eigenvalue weighted by atomic mass is 10.2. The summed E-state index contributed by atoms with van der Waals surface area (Å²) in [7, 11) is 0. The number of para-hydroxylation sites is 4. The highest BCUT2D eigenvalue weighted by Crippen LogP contribution is 2.38. The van der Waals surface area contributed by atoms with Crippen molar-refractivity contribution < 1.29 is 0 Å². The molecule has 0 unspecified atom stereocenters. The molecule has 0 aliphatic heterocycles. The molecular weight excluding hydrogens is 530 g/mol. The molecule has 7 heteroatoms. The second-order valence-electron chi connectivity index (χ2n) is 10.4. The monoisotopic (exact) mass is 553 g/mol. The Morgan fingerprint density at radius 1 is 0.442 bits per heavy atom. The van der Waals surface area contributed by atoms with Gasteiger partial charge in [0, 0.05) is 22.2 Å². The zero-order valence-corrected chi connectivity index (χ0v) is 22.9. The van der Waals surface area contributed by atoms with E-state index >= 15 is 0 Å². The number of hydrogen-bond donors (Lipinski definition) is 0. The molecule has 4 aromatic heterocycles. The van der Waals surface area contributed by atoms with Crippen molar-refractivity contribution in [2.75, 3.05) is 0 Å². The van der Waals surface area contributed by atoms with Crippen molar-refractivity contribution in [3.63, 3.8) is 0 Å². The summed E-state index contributed by atoms with van der Waals surface area (Å²) in [5, 5.41) is 1.12. The van der Waals surface area contributed by atoms with E-state index in [2.05, 4.69) is 74.2 Å². The van der Waals surface area contributed by atoms with Gasteiger partial charge in [-0.3, -0.25) is 8.97 Å². The van der Waals surface area contributed by atoms with Crippen LogP contribution in [0.15, 0.2) is 140 Å². The first kappa shape index (κ1) is 23.6. The molecule has 0 N–H and O–H groups in total. The maximum absolute atomic E-state index is 5.16. The molecule has 0 saturated heterocycles. The molecule has 43 heavy (non-hydrogen) atoms. The van der Waals surface area contributed by atoms with E-state index in [0.29, 0.717) is 17.6 Å². The van der Waals surface area contributed by atoms with E-state index in [4.69, 9.17) is 19.9 Å². The maximum Gasteiger partial charge on any atom is 0.242 e. The minimum atomic E-state index is 0.503. The van der Waals surface area contributed by atoms with Crippen molar-refractivity contribution in [1.29, 1.82) is 0 Å². The lowest BCUT2D eigenvalue weighted by molar-refractivity contribution is 0.918. The van der Waals surface area contributed by atoms with Crippen LogP contribution in [0.3, 0.4) is 0 Å². The highest BCUT2D eigenvalue weighted by molar-refractivity contribution is 6.10. The van der Waals surface area contributed by atoms with Gasteiger partial charge in [0.15, 0.2) is 17.3 Å². The molecule has 5 aromatic carbocycles. The molecule has 9 aromatic rings. The summed E-state index contributed by atoms with van der Waals surface area (Å²) >= 11 is 0. The summed E-state index contributed by atoms with van der Waals surface area (Å²) < 4.78 is 6.60. The number of rotatable bonds is 4. The maximum atomic E-state index is 5.16. The van der Waals surface area contributed by atoms with Crippen LogP contribution >= 0.6 is 0 Å². The fourth-order valence-corrected chi connectivity index (χ4v) is 6.03. The Hall–Kier alpha value is -6.08. The van der Waals surface area contributed by atoms with Crippen LogP contribution in [-0.4, -0.2) is 33.5 Å². The van der Waals surface area contributed by atoms with Crippen LogP contribution in [0.2, 0.25) is 0 Å². The zero-order valence-electron chi connectivity index (χ0n) is 22.9. The molecule has 0 bridgehead atoms. The van der Waals surface area contributed by atoms with Gasteiger partial charge in [-0.25, -0.2) is 14.5 Å². The molecule has 0 aliphatic carbocycles. The van der Waals surface area contributed by atoms with Crippen molar-refractivity contribution in [3.8, 4) is 34.4 Å². The molecule has 0 spiro atoms. The zero-order chi connectivity index (χ0) is 28.3. The molecule has 4 heterocycles. The third kappa shape index (κ3) is 3.55. The van der Waals surface area contributed by atoms with Crippen LogP contribution < -0.4 is 0 Å². The first-order chi connectivity index (χ1) is 21.3. The number of nitrogens with zero attached hydrogens (tertiary/aromatic N) is 7. The Bertz CT molecular complexity index is 2380. The molecule has 7 nitrogen and oxygen atoms in total. The summed E-state index contributed by atoms with van der Waals surface area (Å²) in [6, 6.07) is 47.3. The molecule has 202 valence electrons. The van der Waals surface area contributed by atoms with Gasteiger partial charge in [0.2, 0.25) is 11.7 Å². The van der Waals surface area contributed by atoms with Crippen LogP contribution in [0.4, 0.5) is 0 Å². The SMILES string of the molecule is c1ccc(-c2nc(-c3ccccc3)nc(-n3c4c(c5ccccc5n4-c4ccccc4)n4c5ccccc5nc34)n2)cc1. The first-order valence-corrected chi connectivity index (χ1v) is 14.2. The Morgan fingerprint density at radius 2 is 1.00 bits per heavy atom. The largest absolute Gasteiger partial charge is 0.294 e. The number of imidazole rings is 2. The Labute approximate surface area is 246 Å². The first-order valence-electron chi connectivity index (χ1n) is 14.2. The number of aromatic nitrogens is 7. The molecule has 0 radical (unpaired) electrons. The number of fused-ring (bicyclic) bond motifs is 7. The summed E-state index contributed by atoms with van der Waals surface area (Å²) in [5.41, 5.74) is 7.88. The summed E-state index contributed by atoms with van der Waals surface area (Å²) in [5.74, 6) is 2.44. The fraction of sp³-hybridized carbons (Fsp3) is 0. The van der Waals surface area contributed by atoms with Crippen molar-refractivity contribution in [3.05, 3.63) is 140 Å². The molecule has 0 fully saturated rings. The average molecular weight is 554 g/mol. The summed E-state index contributed by atoms with van der Waals surface area (Å²) in [6.07, 6.45) is 0. The second-order valence-corrected chi connectivity index (χ2v) is 10.4. The van der Waals surface area contributed by atoms with E-state index < -0.39 is 0 Å². The van der Waals surface area contributed by atoms with Crippen LogP contribution in [0.1, 0.15) is 0 Å². The third-order valence-corrected chi connectivity index (χ3v) is 7.90. The van der Waals surface area contributed by atoms with E-state index in [0.717, 1.165) is 55.7 Å². The van der Waals surface area contributed by atoms with E-state index in [1.807, 2.05) is 78.9 Å². The minimum absolute atomic E-state index is 0.503. The van der Waals surface area contributed by atoms with Gasteiger partial charge in [0.05, 0.1) is 16.6 Å². The lowest BCUT2D eigenvalue weighted by Gasteiger charge is -2.12. The molecule has 0 saturated carbocycles. The average Bonchev–Trinajstić information content (AvgIpc) is 3.72. The van der Waals surface area contributed by atoms with Gasteiger partial charge in [-0.2, -0.15) is 9.97 Å². The predicted octanol–water partition coefficient (Wildman–Crippen LogP) is 7.89. The Kier molecular flexibility index (Phi) is 5.06. The van der Waals surface area contributed by atoms with Crippen molar-refractivity contribution in [2.24, 2.45) is 0 Å².